The molecule has 0 saturated heterocycles. The van der Waals surface area contributed by atoms with Crippen LogP contribution in [-0.2, 0) is 6.42 Å². The fourth-order valence-electron chi connectivity index (χ4n) is 4.58. The van der Waals surface area contributed by atoms with Gasteiger partial charge in [0.2, 0.25) is 5.95 Å². The average molecular weight is 536 g/mol. The molecule has 2 heterocycles. The van der Waals surface area contributed by atoms with Gasteiger partial charge in [-0.2, -0.15) is 0 Å². The van der Waals surface area contributed by atoms with Crippen molar-refractivity contribution >= 4 is 46.2 Å². The maximum Gasteiger partial charge on any atom is 0.223 e. The van der Waals surface area contributed by atoms with Gasteiger partial charge < -0.3 is 15.8 Å². The van der Waals surface area contributed by atoms with Crippen molar-refractivity contribution in [2.24, 2.45) is 5.73 Å². The molecule has 1 aliphatic rings. The first kappa shape index (κ1) is 27.1. The summed E-state index contributed by atoms with van der Waals surface area (Å²) in [6, 6.07) is 14.5. The molecule has 1 aliphatic carbocycles. The third-order valence-electron chi connectivity index (χ3n) is 6.44. The number of aryl methyl sites for hydroxylation is 2. The van der Waals surface area contributed by atoms with Crippen LogP contribution in [0, 0.1) is 6.92 Å². The molecule has 0 radical (unpaired) electrons. The van der Waals surface area contributed by atoms with Crippen LogP contribution < -0.4 is 15.8 Å². The third-order valence-corrected chi connectivity index (χ3v) is 7.77. The highest BCUT2D eigenvalue weighted by Crippen LogP contribution is 2.31. The Morgan fingerprint density at radius 1 is 1.05 bits per heavy atom. The smallest absolute Gasteiger partial charge is 0.223 e. The minimum Gasteiger partial charge on any atom is -0.351 e. The van der Waals surface area contributed by atoms with Crippen molar-refractivity contribution in [1.29, 1.82) is 0 Å². The molecule has 4 N–H and O–H groups in total. The van der Waals surface area contributed by atoms with Crippen molar-refractivity contribution in [3.63, 3.8) is 0 Å². The minimum absolute atomic E-state index is 0.478. The van der Waals surface area contributed by atoms with Crippen LogP contribution in [-0.4, -0.2) is 33.3 Å². The monoisotopic (exact) mass is 535 g/mol. The predicted octanol–water partition coefficient (Wildman–Crippen LogP) is 7.05. The molecule has 0 atom stereocenters. The highest BCUT2D eigenvalue weighted by molar-refractivity contribution is 8.00. The lowest BCUT2D eigenvalue weighted by molar-refractivity contribution is 0.461. The summed E-state index contributed by atoms with van der Waals surface area (Å²) in [4.78, 5) is 10.5. The fraction of sp³-hybridized carbons (Fsp3) is 0.357. The van der Waals surface area contributed by atoms with Gasteiger partial charge in [0.05, 0.1) is 16.2 Å². The Bertz CT molecular complexity index is 1340. The number of fused-ring (bicyclic) bond motifs is 1. The molecule has 0 aliphatic heterocycles. The van der Waals surface area contributed by atoms with Crippen LogP contribution in [0.4, 0.5) is 11.8 Å². The van der Waals surface area contributed by atoms with Crippen molar-refractivity contribution in [1.82, 2.24) is 20.2 Å². The molecule has 2 aromatic carbocycles. The number of halogens is 1. The van der Waals surface area contributed by atoms with Crippen LogP contribution in [0.1, 0.15) is 50.2 Å². The van der Waals surface area contributed by atoms with Gasteiger partial charge in [-0.3, -0.25) is 0 Å². The maximum absolute atomic E-state index is 6.25. The van der Waals surface area contributed by atoms with Gasteiger partial charge in [0.1, 0.15) is 0 Å². The van der Waals surface area contributed by atoms with E-state index in [4.69, 9.17) is 16.6 Å². The van der Waals surface area contributed by atoms with E-state index in [0.717, 1.165) is 45.0 Å². The van der Waals surface area contributed by atoms with E-state index in [1.54, 1.807) is 0 Å². The van der Waals surface area contributed by atoms with Crippen LogP contribution in [0.3, 0.4) is 0 Å². The van der Waals surface area contributed by atoms with Crippen LogP contribution in [0.25, 0.3) is 22.2 Å². The van der Waals surface area contributed by atoms with Gasteiger partial charge in [-0.1, -0.05) is 49.9 Å². The van der Waals surface area contributed by atoms with Gasteiger partial charge in [0, 0.05) is 28.1 Å². The first-order valence-corrected chi connectivity index (χ1v) is 14.0. The zero-order valence-corrected chi connectivity index (χ0v) is 23.2. The van der Waals surface area contributed by atoms with E-state index in [-0.39, 0.29) is 0 Å². The van der Waals surface area contributed by atoms with E-state index < -0.39 is 0 Å². The van der Waals surface area contributed by atoms with Crippen LogP contribution in [0.5, 0.6) is 0 Å². The largest absolute Gasteiger partial charge is 0.351 e. The number of rotatable bonds is 7. The van der Waals surface area contributed by atoms with Gasteiger partial charge in [-0.15, -0.1) is 10.2 Å². The van der Waals surface area contributed by atoms with Gasteiger partial charge in [-0.25, -0.2) is 9.97 Å². The number of nitrogens with one attached hydrogen (secondary N) is 2. The molecule has 0 bridgehead atoms. The van der Waals surface area contributed by atoms with Crippen molar-refractivity contribution in [2.45, 2.75) is 63.3 Å². The van der Waals surface area contributed by atoms with Gasteiger partial charge in [0.15, 0.2) is 5.82 Å². The Morgan fingerprint density at radius 2 is 1.84 bits per heavy atom. The van der Waals surface area contributed by atoms with Crippen molar-refractivity contribution in [3.8, 4) is 11.3 Å². The molecule has 1 saturated carbocycles. The van der Waals surface area contributed by atoms with E-state index in [1.165, 1.54) is 56.7 Å². The van der Waals surface area contributed by atoms with E-state index in [1.807, 2.05) is 36.5 Å². The lowest BCUT2D eigenvalue weighted by Gasteiger charge is -2.22. The molecule has 0 spiro atoms. The molecule has 5 rings (SSSR count). The second-order valence-corrected chi connectivity index (χ2v) is 10.3. The molecule has 0 unspecified atom stereocenters. The van der Waals surface area contributed by atoms with Crippen molar-refractivity contribution < 1.29 is 0 Å². The summed E-state index contributed by atoms with van der Waals surface area (Å²) in [5, 5.41) is 14.2. The van der Waals surface area contributed by atoms with Crippen LogP contribution >= 0.6 is 23.5 Å². The number of aromatic nitrogens is 4. The third kappa shape index (κ3) is 6.69. The number of nitrogens with zero attached hydrogens (tertiary/aromatic N) is 4. The summed E-state index contributed by atoms with van der Waals surface area (Å²) in [5.41, 5.74) is 9.62. The first-order chi connectivity index (χ1) is 18.1. The van der Waals surface area contributed by atoms with Crippen molar-refractivity contribution in [2.75, 3.05) is 17.1 Å². The Morgan fingerprint density at radius 3 is 2.57 bits per heavy atom. The van der Waals surface area contributed by atoms with E-state index in [2.05, 4.69) is 56.9 Å². The summed E-state index contributed by atoms with van der Waals surface area (Å²) < 4.78 is 3.24. The number of nitrogens with two attached hydrogens (primary N) is 1. The Labute approximate surface area is 228 Å². The second kappa shape index (κ2) is 13.0. The van der Waals surface area contributed by atoms with Crippen LogP contribution in [0.15, 0.2) is 53.6 Å². The molecule has 37 heavy (non-hydrogen) atoms. The summed E-state index contributed by atoms with van der Waals surface area (Å²) >= 11 is 7.68. The number of hydrogen-bond acceptors (Lipinski definition) is 8. The molecule has 194 valence electrons. The zero-order chi connectivity index (χ0) is 26.2. The number of hydrogen-bond donors (Lipinski definition) is 3. The fourth-order valence-corrected chi connectivity index (χ4v) is 5.46. The van der Waals surface area contributed by atoms with E-state index in [9.17, 15) is 0 Å². The number of anilines is 2. The summed E-state index contributed by atoms with van der Waals surface area (Å²) in [6.45, 7) is 4.21. The molecule has 2 aromatic heterocycles. The summed E-state index contributed by atoms with van der Waals surface area (Å²) in [7, 11) is 1.50. The lowest BCUT2D eigenvalue weighted by atomic mass is 9.96. The number of benzene rings is 2. The molecular weight excluding hydrogens is 502 g/mol. The Balaban J connectivity index is 0.00000156. The van der Waals surface area contributed by atoms with E-state index >= 15 is 0 Å². The SMILES string of the molecule is CCc1cc(-c2nnc(NSc3ccccc3Cl)cc2C)cc2cnc(NC3CCCCC3)nc12.CN. The van der Waals surface area contributed by atoms with E-state index in [0.29, 0.717) is 16.9 Å². The average Bonchev–Trinajstić information content (AvgIpc) is 2.94. The van der Waals surface area contributed by atoms with Crippen molar-refractivity contribution in [3.05, 3.63) is 64.8 Å². The van der Waals surface area contributed by atoms with Gasteiger partial charge >= 0.3 is 0 Å². The Hall–Kier alpha value is -2.94. The zero-order valence-electron chi connectivity index (χ0n) is 21.6. The molecule has 7 nitrogen and oxygen atoms in total. The highest BCUT2D eigenvalue weighted by atomic mass is 35.5. The normalized spacial score (nSPS) is 13.6. The molecular formula is C28H34ClN7S. The topological polar surface area (TPSA) is 102 Å². The Kier molecular flexibility index (Phi) is 9.55. The summed E-state index contributed by atoms with van der Waals surface area (Å²) in [6.07, 6.45) is 9.09. The quantitative estimate of drug-likeness (QED) is 0.216. The minimum atomic E-state index is 0.478. The van der Waals surface area contributed by atoms with Gasteiger partial charge in [-0.05, 0) is 86.6 Å². The predicted molar refractivity (Wildman–Crippen MR) is 156 cm³/mol. The lowest BCUT2D eigenvalue weighted by Crippen LogP contribution is -2.23. The molecule has 9 heteroatoms. The molecule has 4 aromatic rings. The first-order valence-electron chi connectivity index (χ1n) is 12.8. The maximum atomic E-state index is 6.25. The van der Waals surface area contributed by atoms with Gasteiger partial charge in [0.25, 0.3) is 0 Å². The molecule has 1 fully saturated rings. The summed E-state index contributed by atoms with van der Waals surface area (Å²) in [5.74, 6) is 1.42. The van der Waals surface area contributed by atoms with Crippen LogP contribution in [0.2, 0.25) is 5.02 Å². The second-order valence-electron chi connectivity index (χ2n) is 9.00. The standard InChI is InChI=1S/C27H29ClN6S.CH5N/c1-3-18-14-19(15-20-16-29-27(31-26(18)20)30-21-9-5-4-6-10-21)25-17(2)13-24(32-33-25)34-35-23-12-8-7-11-22(23)28;1-2/h7-8,11-16,21H,3-6,9-10H2,1-2H3,(H,32,34)(H,29,30,31);2H2,1H3. The highest BCUT2D eigenvalue weighted by Gasteiger charge is 2.16. The molecule has 0 amide bonds.